The highest BCUT2D eigenvalue weighted by Crippen LogP contribution is 2.17. The van der Waals surface area contributed by atoms with E-state index in [1.165, 1.54) is 0 Å². The topological polar surface area (TPSA) is 56.7 Å². The van der Waals surface area contributed by atoms with E-state index in [9.17, 15) is 9.90 Å². The van der Waals surface area contributed by atoms with Crippen molar-refractivity contribution >= 4 is 11.8 Å². The fraction of sp³-hybridized carbons (Fsp3) is 0.625. The Kier molecular flexibility index (Phi) is 6.62. The Balaban J connectivity index is 3.09. The van der Waals surface area contributed by atoms with Crippen LogP contribution in [0.15, 0.2) is 12.1 Å². The van der Waals surface area contributed by atoms with Crippen LogP contribution in [0.5, 0.6) is 0 Å². The maximum absolute atomic E-state index is 11.3. The molecule has 0 amide bonds. The van der Waals surface area contributed by atoms with Crippen LogP contribution in [0.4, 0.5) is 5.82 Å². The molecule has 0 saturated heterocycles. The van der Waals surface area contributed by atoms with E-state index < -0.39 is 5.97 Å². The summed E-state index contributed by atoms with van der Waals surface area (Å²) in [6.45, 7) is 8.92. The predicted molar refractivity (Wildman–Crippen MR) is 86.2 cm³/mol. The lowest BCUT2D eigenvalue weighted by Crippen LogP contribution is -2.35. The number of aromatic nitrogens is 1. The molecule has 0 radical (unpaired) electrons. The minimum atomic E-state index is -0.898. The van der Waals surface area contributed by atoms with E-state index in [0.717, 1.165) is 37.6 Å². The Morgan fingerprint density at radius 3 is 2.43 bits per heavy atom. The van der Waals surface area contributed by atoms with Crippen molar-refractivity contribution in [1.29, 1.82) is 0 Å². The molecule has 0 aromatic carbocycles. The molecule has 1 rings (SSSR count). The lowest BCUT2D eigenvalue weighted by molar-refractivity contribution is 0.0696. The van der Waals surface area contributed by atoms with Gasteiger partial charge in [-0.3, -0.25) is 0 Å². The lowest BCUT2D eigenvalue weighted by Gasteiger charge is -2.27. The van der Waals surface area contributed by atoms with Gasteiger partial charge in [-0.2, -0.15) is 0 Å². The van der Waals surface area contributed by atoms with Gasteiger partial charge in [0.25, 0.3) is 0 Å². The number of hydrogen-bond donors (Lipinski definition) is 1. The largest absolute Gasteiger partial charge is 0.478 e. The fourth-order valence-electron chi connectivity index (χ4n) is 2.10. The van der Waals surface area contributed by atoms with Gasteiger partial charge in [-0.05, 0) is 38.6 Å². The molecule has 21 heavy (non-hydrogen) atoms. The van der Waals surface area contributed by atoms with Gasteiger partial charge in [0.15, 0.2) is 0 Å². The molecule has 0 fully saturated rings. The summed E-state index contributed by atoms with van der Waals surface area (Å²) in [6.07, 6.45) is 0.733. The molecule has 0 saturated carbocycles. The second-order valence-electron chi connectivity index (χ2n) is 6.01. The van der Waals surface area contributed by atoms with Crippen LogP contribution in [-0.2, 0) is 6.42 Å². The summed E-state index contributed by atoms with van der Waals surface area (Å²) in [6, 6.07) is 3.34. The molecule has 5 nitrogen and oxygen atoms in total. The van der Waals surface area contributed by atoms with Crippen molar-refractivity contribution in [2.24, 2.45) is 5.92 Å². The highest BCUT2D eigenvalue weighted by Gasteiger charge is 2.14. The second kappa shape index (κ2) is 7.98. The van der Waals surface area contributed by atoms with E-state index in [1.807, 2.05) is 21.0 Å². The smallest absolute Gasteiger partial charge is 0.335 e. The van der Waals surface area contributed by atoms with Gasteiger partial charge in [0.1, 0.15) is 5.82 Å². The molecule has 0 aliphatic carbocycles. The van der Waals surface area contributed by atoms with Gasteiger partial charge in [-0.15, -0.1) is 0 Å². The number of likely N-dealkylation sites (N-methyl/N-ethyl adjacent to an activating group) is 1. The Labute approximate surface area is 127 Å². The quantitative estimate of drug-likeness (QED) is 0.797. The Bertz CT molecular complexity index is 473. The summed E-state index contributed by atoms with van der Waals surface area (Å²) in [5.41, 5.74) is 1.14. The number of hydrogen-bond acceptors (Lipinski definition) is 4. The van der Waals surface area contributed by atoms with Crippen LogP contribution in [0.25, 0.3) is 0 Å². The van der Waals surface area contributed by atoms with Gasteiger partial charge in [-0.1, -0.05) is 20.8 Å². The third-order valence-corrected chi connectivity index (χ3v) is 3.20. The predicted octanol–water partition coefficient (Wildman–Crippen LogP) is 2.37. The van der Waals surface area contributed by atoms with Crippen LogP contribution >= 0.6 is 0 Å². The highest BCUT2D eigenvalue weighted by molar-refractivity contribution is 5.88. The molecule has 0 atom stereocenters. The van der Waals surface area contributed by atoms with Crippen LogP contribution in [0.1, 0.15) is 36.8 Å². The van der Waals surface area contributed by atoms with Crippen molar-refractivity contribution in [1.82, 2.24) is 9.88 Å². The zero-order chi connectivity index (χ0) is 16.0. The average molecular weight is 293 g/mol. The standard InChI is InChI=1S/C16H27N3O2/c1-6-14-9-13(16(20)21)10-15(17-14)19(11-12(2)3)8-7-18(4)5/h9-10,12H,6-8,11H2,1-5H3,(H,20,21). The number of nitrogens with zero attached hydrogens (tertiary/aromatic N) is 3. The first kappa shape index (κ1) is 17.4. The molecular weight excluding hydrogens is 266 g/mol. The van der Waals surface area contributed by atoms with Crippen molar-refractivity contribution in [2.45, 2.75) is 27.2 Å². The minimum absolute atomic E-state index is 0.315. The number of carboxylic acid groups (broad SMARTS) is 1. The van der Waals surface area contributed by atoms with Gasteiger partial charge in [0, 0.05) is 25.3 Å². The van der Waals surface area contributed by atoms with Crippen LogP contribution < -0.4 is 4.90 Å². The SMILES string of the molecule is CCc1cc(C(=O)O)cc(N(CCN(C)C)CC(C)C)n1. The summed E-state index contributed by atoms with van der Waals surface area (Å²) in [5.74, 6) is 0.361. The molecule has 0 spiro atoms. The van der Waals surface area contributed by atoms with Crippen LogP contribution in [0, 0.1) is 5.92 Å². The van der Waals surface area contributed by atoms with Gasteiger partial charge in [-0.25, -0.2) is 9.78 Å². The van der Waals surface area contributed by atoms with Crippen molar-refractivity contribution in [3.63, 3.8) is 0 Å². The van der Waals surface area contributed by atoms with E-state index in [0.29, 0.717) is 11.5 Å². The number of pyridine rings is 1. The van der Waals surface area contributed by atoms with Crippen molar-refractivity contribution in [3.05, 3.63) is 23.4 Å². The molecule has 1 aromatic rings. The maximum atomic E-state index is 11.3. The van der Waals surface area contributed by atoms with Gasteiger partial charge < -0.3 is 14.9 Å². The minimum Gasteiger partial charge on any atom is -0.478 e. The van der Waals surface area contributed by atoms with Gasteiger partial charge >= 0.3 is 5.97 Å². The monoisotopic (exact) mass is 293 g/mol. The van der Waals surface area contributed by atoms with Crippen LogP contribution in [0.2, 0.25) is 0 Å². The Morgan fingerprint density at radius 1 is 1.29 bits per heavy atom. The van der Waals surface area contributed by atoms with Crippen molar-refractivity contribution < 1.29 is 9.90 Å². The molecule has 0 aliphatic rings. The molecule has 1 aromatic heterocycles. The average Bonchev–Trinajstić information content (AvgIpc) is 2.42. The van der Waals surface area contributed by atoms with Crippen LogP contribution in [0.3, 0.4) is 0 Å². The third kappa shape index (κ3) is 5.71. The van der Waals surface area contributed by atoms with E-state index in [4.69, 9.17) is 0 Å². The summed E-state index contributed by atoms with van der Waals surface area (Å²) < 4.78 is 0. The van der Waals surface area contributed by atoms with E-state index in [1.54, 1.807) is 12.1 Å². The first-order valence-corrected chi connectivity index (χ1v) is 7.47. The number of carboxylic acids is 1. The molecule has 0 bridgehead atoms. The van der Waals surface area contributed by atoms with Crippen molar-refractivity contribution in [3.8, 4) is 0 Å². The molecular formula is C16H27N3O2. The molecule has 118 valence electrons. The molecule has 0 aliphatic heterocycles. The third-order valence-electron chi connectivity index (χ3n) is 3.20. The summed E-state index contributed by atoms with van der Waals surface area (Å²) in [5, 5.41) is 9.26. The zero-order valence-electron chi connectivity index (χ0n) is 13.8. The van der Waals surface area contributed by atoms with E-state index >= 15 is 0 Å². The van der Waals surface area contributed by atoms with Gasteiger partial charge in [0.2, 0.25) is 0 Å². The van der Waals surface area contributed by atoms with Gasteiger partial charge in [0.05, 0.1) is 5.56 Å². The van der Waals surface area contributed by atoms with Crippen LogP contribution in [-0.4, -0.2) is 54.7 Å². The summed E-state index contributed by atoms with van der Waals surface area (Å²) in [4.78, 5) is 20.2. The number of anilines is 1. The number of carbonyl (C=O) groups is 1. The number of rotatable bonds is 8. The lowest BCUT2D eigenvalue weighted by atomic mass is 10.1. The first-order chi connectivity index (χ1) is 9.83. The summed E-state index contributed by atoms with van der Waals surface area (Å²) in [7, 11) is 4.07. The zero-order valence-corrected chi connectivity index (χ0v) is 13.8. The molecule has 5 heteroatoms. The Hall–Kier alpha value is -1.62. The number of aromatic carboxylic acids is 1. The van der Waals surface area contributed by atoms with E-state index in [2.05, 4.69) is 28.6 Å². The molecule has 1 N–H and O–H groups in total. The Morgan fingerprint density at radius 2 is 1.95 bits per heavy atom. The normalized spacial score (nSPS) is 11.2. The molecule has 1 heterocycles. The summed E-state index contributed by atoms with van der Waals surface area (Å²) >= 11 is 0. The second-order valence-corrected chi connectivity index (χ2v) is 6.01. The first-order valence-electron chi connectivity index (χ1n) is 7.47. The maximum Gasteiger partial charge on any atom is 0.335 e. The fourth-order valence-corrected chi connectivity index (χ4v) is 2.10. The van der Waals surface area contributed by atoms with E-state index in [-0.39, 0.29) is 0 Å². The molecule has 0 unspecified atom stereocenters. The number of aryl methyl sites for hydroxylation is 1. The van der Waals surface area contributed by atoms with Crippen molar-refractivity contribution in [2.75, 3.05) is 38.6 Å². The highest BCUT2D eigenvalue weighted by atomic mass is 16.4.